The fourth-order valence-corrected chi connectivity index (χ4v) is 1.67. The molecule has 0 amide bonds. The second kappa shape index (κ2) is 7.24. The highest BCUT2D eigenvalue weighted by atomic mass is 79.9. The van der Waals surface area contributed by atoms with Crippen LogP contribution in [0.2, 0.25) is 0 Å². The molecule has 3 N–H and O–H groups in total. The van der Waals surface area contributed by atoms with Crippen LogP contribution in [0, 0.1) is 0 Å². The Balaban J connectivity index is 2.16. The third-order valence-corrected chi connectivity index (χ3v) is 2.50. The first kappa shape index (κ1) is 13.0. The standard InChI is InChI=1S/C11H15BrN2O2/c12-10-4-1-3-9(7-10)8-16-6-2-5-11(13)14-15/h1,3-4,7,15H,2,5-6,8H2,(H2,13,14). The maximum atomic E-state index is 8.32. The molecular formula is C11H15BrN2O2. The lowest BCUT2D eigenvalue weighted by molar-refractivity contribution is 0.119. The highest BCUT2D eigenvalue weighted by Crippen LogP contribution is 2.12. The predicted molar refractivity (Wildman–Crippen MR) is 66.4 cm³/mol. The lowest BCUT2D eigenvalue weighted by Crippen LogP contribution is -2.12. The number of nitrogens with two attached hydrogens (primary N) is 1. The molecule has 0 aliphatic carbocycles. The Morgan fingerprint density at radius 1 is 1.50 bits per heavy atom. The number of hydrogen-bond donors (Lipinski definition) is 2. The normalized spacial score (nSPS) is 11.7. The number of halogens is 1. The fraction of sp³-hybridized carbons (Fsp3) is 0.364. The molecule has 1 aromatic rings. The second-order valence-corrected chi connectivity index (χ2v) is 4.29. The number of rotatable bonds is 6. The molecule has 88 valence electrons. The molecule has 4 nitrogen and oxygen atoms in total. The van der Waals surface area contributed by atoms with Crippen molar-refractivity contribution in [1.82, 2.24) is 0 Å². The number of amidine groups is 1. The zero-order chi connectivity index (χ0) is 11.8. The van der Waals surface area contributed by atoms with E-state index in [0.29, 0.717) is 19.6 Å². The van der Waals surface area contributed by atoms with Crippen molar-refractivity contribution in [3.05, 3.63) is 34.3 Å². The number of ether oxygens (including phenoxy) is 1. The van der Waals surface area contributed by atoms with Crippen LogP contribution in [0.4, 0.5) is 0 Å². The van der Waals surface area contributed by atoms with E-state index in [4.69, 9.17) is 15.7 Å². The molecule has 0 saturated carbocycles. The van der Waals surface area contributed by atoms with E-state index in [1.807, 2.05) is 24.3 Å². The molecule has 1 rings (SSSR count). The van der Waals surface area contributed by atoms with Crippen molar-refractivity contribution in [3.63, 3.8) is 0 Å². The molecule has 0 fully saturated rings. The SMILES string of the molecule is N/C(CCCOCc1cccc(Br)c1)=N/O. The summed E-state index contributed by atoms with van der Waals surface area (Å²) in [6.07, 6.45) is 1.30. The van der Waals surface area contributed by atoms with Gasteiger partial charge in [0, 0.05) is 17.5 Å². The molecule has 0 atom stereocenters. The molecule has 0 aromatic heterocycles. The van der Waals surface area contributed by atoms with E-state index >= 15 is 0 Å². The van der Waals surface area contributed by atoms with Gasteiger partial charge in [0.1, 0.15) is 5.84 Å². The van der Waals surface area contributed by atoms with E-state index in [-0.39, 0.29) is 5.84 Å². The molecular weight excluding hydrogens is 272 g/mol. The summed E-state index contributed by atoms with van der Waals surface area (Å²) in [6, 6.07) is 7.97. The monoisotopic (exact) mass is 286 g/mol. The summed E-state index contributed by atoms with van der Waals surface area (Å²) >= 11 is 3.40. The molecule has 0 unspecified atom stereocenters. The van der Waals surface area contributed by atoms with Gasteiger partial charge in [-0.15, -0.1) is 0 Å². The Kier molecular flexibility index (Phi) is 5.88. The van der Waals surface area contributed by atoms with Gasteiger partial charge in [0.05, 0.1) is 6.61 Å². The highest BCUT2D eigenvalue weighted by Gasteiger charge is 1.96. The van der Waals surface area contributed by atoms with E-state index < -0.39 is 0 Å². The molecule has 16 heavy (non-hydrogen) atoms. The lowest BCUT2D eigenvalue weighted by Gasteiger charge is -2.04. The van der Waals surface area contributed by atoms with Gasteiger partial charge in [-0.1, -0.05) is 33.2 Å². The summed E-state index contributed by atoms with van der Waals surface area (Å²) in [5.41, 5.74) is 6.45. The van der Waals surface area contributed by atoms with Gasteiger partial charge in [-0.05, 0) is 24.1 Å². The number of oxime groups is 1. The molecule has 5 heteroatoms. The maximum absolute atomic E-state index is 8.32. The first-order chi connectivity index (χ1) is 7.72. The number of hydrogen-bond acceptors (Lipinski definition) is 3. The molecule has 0 radical (unpaired) electrons. The number of nitrogens with zero attached hydrogens (tertiary/aromatic N) is 1. The van der Waals surface area contributed by atoms with E-state index in [9.17, 15) is 0 Å². The van der Waals surface area contributed by atoms with Crippen molar-refractivity contribution in [2.45, 2.75) is 19.4 Å². The summed E-state index contributed by atoms with van der Waals surface area (Å²) in [6.45, 7) is 1.18. The minimum atomic E-state index is 0.242. The van der Waals surface area contributed by atoms with Gasteiger partial charge in [-0.2, -0.15) is 0 Å². The average Bonchev–Trinajstić information content (AvgIpc) is 2.28. The van der Waals surface area contributed by atoms with Crippen LogP contribution in [0.5, 0.6) is 0 Å². The van der Waals surface area contributed by atoms with Crippen LogP contribution < -0.4 is 5.73 Å². The summed E-state index contributed by atoms with van der Waals surface area (Å²) in [4.78, 5) is 0. The smallest absolute Gasteiger partial charge is 0.139 e. The quantitative estimate of drug-likeness (QED) is 0.278. The molecule has 0 spiro atoms. The molecule has 1 aromatic carbocycles. The van der Waals surface area contributed by atoms with Gasteiger partial charge in [-0.25, -0.2) is 0 Å². The minimum absolute atomic E-state index is 0.242. The summed E-state index contributed by atoms with van der Waals surface area (Å²) in [5, 5.41) is 11.2. The van der Waals surface area contributed by atoms with Crippen molar-refractivity contribution in [2.24, 2.45) is 10.9 Å². The molecule has 0 aliphatic heterocycles. The van der Waals surface area contributed by atoms with Crippen LogP contribution in [0.25, 0.3) is 0 Å². The predicted octanol–water partition coefficient (Wildman–Crippen LogP) is 2.49. The molecule has 0 bridgehead atoms. The van der Waals surface area contributed by atoms with Crippen LogP contribution in [0.15, 0.2) is 33.9 Å². The van der Waals surface area contributed by atoms with Crippen LogP contribution in [-0.2, 0) is 11.3 Å². The maximum Gasteiger partial charge on any atom is 0.139 e. The van der Waals surface area contributed by atoms with Crippen molar-refractivity contribution < 1.29 is 9.94 Å². The van der Waals surface area contributed by atoms with Gasteiger partial charge in [-0.3, -0.25) is 0 Å². The van der Waals surface area contributed by atoms with Gasteiger partial charge >= 0.3 is 0 Å². The Morgan fingerprint density at radius 3 is 3.00 bits per heavy atom. The van der Waals surface area contributed by atoms with E-state index in [1.54, 1.807) is 0 Å². The largest absolute Gasteiger partial charge is 0.409 e. The first-order valence-corrected chi connectivity index (χ1v) is 5.80. The Bertz CT molecular complexity index is 356. The van der Waals surface area contributed by atoms with Gasteiger partial charge < -0.3 is 15.7 Å². The summed E-state index contributed by atoms with van der Waals surface area (Å²) in [7, 11) is 0. The van der Waals surface area contributed by atoms with Crippen LogP contribution >= 0.6 is 15.9 Å². The van der Waals surface area contributed by atoms with Crippen LogP contribution in [0.1, 0.15) is 18.4 Å². The third kappa shape index (κ3) is 5.14. The van der Waals surface area contributed by atoms with Crippen LogP contribution in [-0.4, -0.2) is 17.6 Å². The van der Waals surface area contributed by atoms with Crippen molar-refractivity contribution in [1.29, 1.82) is 0 Å². The van der Waals surface area contributed by atoms with Crippen molar-refractivity contribution in [3.8, 4) is 0 Å². The topological polar surface area (TPSA) is 67.8 Å². The summed E-state index contributed by atoms with van der Waals surface area (Å²) < 4.78 is 6.50. The molecule has 0 heterocycles. The molecule has 0 aliphatic rings. The first-order valence-electron chi connectivity index (χ1n) is 5.01. The van der Waals surface area contributed by atoms with E-state index in [0.717, 1.165) is 16.5 Å². The Hall–Kier alpha value is -1.07. The zero-order valence-electron chi connectivity index (χ0n) is 8.90. The Labute approximate surface area is 103 Å². The Morgan fingerprint density at radius 2 is 2.31 bits per heavy atom. The lowest BCUT2D eigenvalue weighted by atomic mass is 10.2. The average molecular weight is 287 g/mol. The fourth-order valence-electron chi connectivity index (χ4n) is 1.22. The summed E-state index contributed by atoms with van der Waals surface area (Å²) in [5.74, 6) is 0.242. The molecule has 0 saturated heterocycles. The minimum Gasteiger partial charge on any atom is -0.409 e. The van der Waals surface area contributed by atoms with E-state index in [2.05, 4.69) is 21.1 Å². The van der Waals surface area contributed by atoms with E-state index in [1.165, 1.54) is 0 Å². The van der Waals surface area contributed by atoms with Gasteiger partial charge in [0.15, 0.2) is 0 Å². The third-order valence-electron chi connectivity index (χ3n) is 2.01. The van der Waals surface area contributed by atoms with Gasteiger partial charge in [0.25, 0.3) is 0 Å². The zero-order valence-corrected chi connectivity index (χ0v) is 10.5. The van der Waals surface area contributed by atoms with Gasteiger partial charge in [0.2, 0.25) is 0 Å². The second-order valence-electron chi connectivity index (χ2n) is 3.38. The van der Waals surface area contributed by atoms with Crippen molar-refractivity contribution >= 4 is 21.8 Å². The number of benzene rings is 1. The van der Waals surface area contributed by atoms with Crippen LogP contribution in [0.3, 0.4) is 0 Å². The van der Waals surface area contributed by atoms with Crippen molar-refractivity contribution in [2.75, 3.05) is 6.61 Å². The highest BCUT2D eigenvalue weighted by molar-refractivity contribution is 9.10.